The first-order valence-electron chi connectivity index (χ1n) is 12.2. The van der Waals surface area contributed by atoms with Gasteiger partial charge in [-0.1, -0.05) is 12.1 Å². The van der Waals surface area contributed by atoms with Crippen LogP contribution in [0.25, 0.3) is 0 Å². The number of ether oxygens (including phenoxy) is 2. The number of phosphoric acid groups is 1. The second-order valence-corrected chi connectivity index (χ2v) is 10.1. The summed E-state index contributed by atoms with van der Waals surface area (Å²) in [5.41, 5.74) is 7.07. The van der Waals surface area contributed by atoms with Gasteiger partial charge >= 0.3 is 7.82 Å². The lowest BCUT2D eigenvalue weighted by molar-refractivity contribution is 0.0946. The first-order chi connectivity index (χ1) is 18.0. The monoisotopic (exact) mass is 547 g/mol. The zero-order chi connectivity index (χ0) is 27.7. The van der Waals surface area contributed by atoms with Crippen molar-refractivity contribution in [1.82, 2.24) is 10.2 Å². The second-order valence-electron chi connectivity index (χ2n) is 8.83. The molecular formula is C25H34N5O7P. The number of carbonyl (C=O) groups is 1. The molecule has 13 heteroatoms. The number of hydrogen-bond acceptors (Lipinski definition) is 7. The molecule has 0 aromatic heterocycles. The summed E-state index contributed by atoms with van der Waals surface area (Å²) in [5.74, 6) is 1.21. The fourth-order valence-corrected chi connectivity index (χ4v) is 4.28. The van der Waals surface area contributed by atoms with Crippen molar-refractivity contribution in [3.8, 4) is 11.5 Å². The van der Waals surface area contributed by atoms with Crippen LogP contribution in [-0.2, 0) is 15.5 Å². The van der Waals surface area contributed by atoms with Gasteiger partial charge in [-0.05, 0) is 42.8 Å². The maximum Gasteiger partial charge on any atom is 0.469 e. The number of carbonyl (C=O) groups excluding carboxylic acids is 1. The van der Waals surface area contributed by atoms with Gasteiger partial charge in [-0.3, -0.25) is 20.1 Å². The van der Waals surface area contributed by atoms with E-state index in [2.05, 4.69) is 9.84 Å². The van der Waals surface area contributed by atoms with Gasteiger partial charge in [-0.25, -0.2) is 4.57 Å². The van der Waals surface area contributed by atoms with Crippen LogP contribution in [-0.4, -0.2) is 71.2 Å². The van der Waals surface area contributed by atoms with E-state index >= 15 is 0 Å². The van der Waals surface area contributed by atoms with Gasteiger partial charge in [0, 0.05) is 43.5 Å². The first-order valence-corrected chi connectivity index (χ1v) is 13.7. The van der Waals surface area contributed by atoms with Crippen LogP contribution in [0, 0.1) is 10.8 Å². The van der Waals surface area contributed by atoms with Gasteiger partial charge in [-0.15, -0.1) is 0 Å². The smallest absolute Gasteiger partial charge is 0.469 e. The van der Waals surface area contributed by atoms with Crippen LogP contribution in [0.1, 0.15) is 41.3 Å². The van der Waals surface area contributed by atoms with Crippen molar-refractivity contribution < 1.29 is 33.1 Å². The van der Waals surface area contributed by atoms with Crippen molar-refractivity contribution >= 4 is 25.4 Å². The van der Waals surface area contributed by atoms with Crippen LogP contribution < -0.4 is 20.5 Å². The molecular weight excluding hydrogens is 513 g/mol. The molecule has 0 unspecified atom stereocenters. The van der Waals surface area contributed by atoms with Crippen molar-refractivity contribution in [3.63, 3.8) is 0 Å². The minimum absolute atomic E-state index is 0.0807. The molecule has 1 amide bonds. The fraction of sp³-hybridized carbons (Fsp3) is 0.400. The number of amides is 1. The zero-order valence-electron chi connectivity index (χ0n) is 21.2. The molecule has 0 bridgehead atoms. The third-order valence-corrected chi connectivity index (χ3v) is 6.51. The molecule has 12 nitrogen and oxygen atoms in total. The van der Waals surface area contributed by atoms with Crippen LogP contribution in [0.3, 0.4) is 0 Å². The van der Waals surface area contributed by atoms with E-state index in [1.165, 1.54) is 0 Å². The Hall–Kier alpha value is -3.44. The predicted molar refractivity (Wildman–Crippen MR) is 142 cm³/mol. The molecule has 2 aromatic carbocycles. The van der Waals surface area contributed by atoms with Crippen molar-refractivity contribution in [2.75, 3.05) is 32.8 Å². The number of amidine groups is 2. The lowest BCUT2D eigenvalue weighted by atomic mass is 10.1. The van der Waals surface area contributed by atoms with E-state index < -0.39 is 7.82 Å². The number of nitrogen functional groups attached to an aromatic ring is 1. The van der Waals surface area contributed by atoms with E-state index in [9.17, 15) is 9.36 Å². The third-order valence-electron chi connectivity index (χ3n) is 5.99. The van der Waals surface area contributed by atoms with Gasteiger partial charge in [0.2, 0.25) is 0 Å². The maximum atomic E-state index is 12.5. The van der Waals surface area contributed by atoms with Crippen LogP contribution in [0.4, 0.5) is 0 Å². The van der Waals surface area contributed by atoms with Crippen LogP contribution in [0.2, 0.25) is 0 Å². The highest BCUT2D eigenvalue weighted by Crippen LogP contribution is 2.36. The van der Waals surface area contributed by atoms with Crippen molar-refractivity contribution in [2.45, 2.75) is 32.3 Å². The highest BCUT2D eigenvalue weighted by Gasteiger charge is 2.21. The van der Waals surface area contributed by atoms with Crippen LogP contribution in [0.5, 0.6) is 11.5 Å². The molecule has 7 N–H and O–H groups in total. The van der Waals surface area contributed by atoms with Crippen molar-refractivity contribution in [2.24, 2.45) is 5.73 Å². The first kappa shape index (κ1) is 29.1. The number of nitrogens with one attached hydrogen (secondary N) is 3. The molecule has 0 atom stereocenters. The zero-order valence-corrected chi connectivity index (χ0v) is 22.1. The van der Waals surface area contributed by atoms with Gasteiger partial charge in [-0.2, -0.15) is 0 Å². The average molecular weight is 548 g/mol. The maximum absolute atomic E-state index is 12.5. The Morgan fingerprint density at radius 3 is 2.37 bits per heavy atom. The molecule has 0 radical (unpaired) electrons. The molecule has 0 aliphatic carbocycles. The second kappa shape index (κ2) is 13.4. The number of likely N-dealkylation sites (tertiary alicyclic amines) is 1. The predicted octanol–water partition coefficient (Wildman–Crippen LogP) is 2.27. The molecule has 38 heavy (non-hydrogen) atoms. The Morgan fingerprint density at radius 1 is 1.11 bits per heavy atom. The molecule has 1 aliphatic heterocycles. The minimum atomic E-state index is -4.59. The normalized spacial score (nSPS) is 14.1. The Balaban J connectivity index is 1.47. The van der Waals surface area contributed by atoms with E-state index in [0.717, 1.165) is 25.9 Å². The molecule has 2 aromatic rings. The van der Waals surface area contributed by atoms with Crippen LogP contribution >= 0.6 is 7.82 Å². The fourth-order valence-electron chi connectivity index (χ4n) is 3.95. The average Bonchev–Trinajstić information content (AvgIpc) is 2.87. The Labute approximate surface area is 221 Å². The van der Waals surface area contributed by atoms with Gasteiger partial charge in [0.15, 0.2) is 0 Å². The van der Waals surface area contributed by atoms with E-state index in [4.69, 9.17) is 35.8 Å². The van der Waals surface area contributed by atoms with Gasteiger partial charge in [0.1, 0.15) is 30.0 Å². The Bertz CT molecular complexity index is 1180. The topological polar surface area (TPSA) is 191 Å². The molecule has 1 fully saturated rings. The summed E-state index contributed by atoms with van der Waals surface area (Å²) in [6.07, 6.45) is 1.93. The van der Waals surface area contributed by atoms with Gasteiger partial charge in [0.25, 0.3) is 5.91 Å². The number of rotatable bonds is 12. The highest BCUT2D eigenvalue weighted by molar-refractivity contribution is 7.46. The molecule has 0 saturated carbocycles. The Kier molecular flexibility index (Phi) is 10.3. The summed E-state index contributed by atoms with van der Waals surface area (Å²) < 4.78 is 27.2. The number of hydrogen-bond donors (Lipinski definition) is 6. The summed E-state index contributed by atoms with van der Waals surface area (Å²) in [6, 6.07) is 11.7. The number of benzene rings is 2. The quantitative estimate of drug-likeness (QED) is 0.100. The molecule has 0 spiro atoms. The van der Waals surface area contributed by atoms with Crippen molar-refractivity contribution in [3.05, 3.63) is 59.2 Å². The molecule has 1 saturated heterocycles. The van der Waals surface area contributed by atoms with Crippen molar-refractivity contribution in [1.29, 1.82) is 10.8 Å². The Morgan fingerprint density at radius 2 is 1.76 bits per heavy atom. The SMILES string of the molecule is CC(=N)N1CCC(Oc2ccc(C(=O)NCCOc3cc(C(=N)N)ccc3CCOP(=O)(O)O)cc2)CC1. The standard InChI is InChI=1S/C25H34N5O7P/c1-17(26)30-12-8-22(9-13-30)37-21-6-4-19(5-7-21)25(31)29-11-15-35-23-16-20(24(27)28)3-2-18(23)10-14-36-38(32,33)34/h2-7,16,22,26H,8-15H2,1H3,(H3,27,28)(H,29,31)(H2,32,33,34). The lowest BCUT2D eigenvalue weighted by Crippen LogP contribution is -2.40. The van der Waals surface area contributed by atoms with E-state index in [0.29, 0.717) is 34.0 Å². The number of phosphoric ester groups is 1. The number of nitrogens with two attached hydrogens (primary N) is 1. The molecule has 206 valence electrons. The molecule has 1 heterocycles. The van der Waals surface area contributed by atoms with E-state index in [1.807, 2.05) is 4.90 Å². The largest absolute Gasteiger partial charge is 0.491 e. The third kappa shape index (κ3) is 9.14. The summed E-state index contributed by atoms with van der Waals surface area (Å²) in [5, 5.41) is 18.1. The summed E-state index contributed by atoms with van der Waals surface area (Å²) >= 11 is 0. The van der Waals surface area contributed by atoms with Gasteiger partial charge in [0.05, 0.1) is 19.0 Å². The van der Waals surface area contributed by atoms with Crippen LogP contribution in [0.15, 0.2) is 42.5 Å². The summed E-state index contributed by atoms with van der Waals surface area (Å²) in [7, 11) is -4.59. The number of nitrogens with zero attached hydrogens (tertiary/aromatic N) is 1. The van der Waals surface area contributed by atoms with E-state index in [1.54, 1.807) is 49.4 Å². The van der Waals surface area contributed by atoms with E-state index in [-0.39, 0.29) is 44.0 Å². The van der Waals surface area contributed by atoms with Gasteiger partial charge < -0.3 is 35.2 Å². The summed E-state index contributed by atoms with van der Waals surface area (Å²) in [4.78, 5) is 32.3. The minimum Gasteiger partial charge on any atom is -0.491 e. The summed E-state index contributed by atoms with van der Waals surface area (Å²) in [6.45, 7) is 3.47. The lowest BCUT2D eigenvalue weighted by Gasteiger charge is -2.32. The molecule has 1 aliphatic rings. The number of piperidine rings is 1. The molecule has 3 rings (SSSR count). The highest BCUT2D eigenvalue weighted by atomic mass is 31.2.